The first-order chi connectivity index (χ1) is 15.7. The molecule has 2 aliphatic rings. The lowest BCUT2D eigenvalue weighted by Gasteiger charge is -2.26. The quantitative estimate of drug-likeness (QED) is 0.548. The van der Waals surface area contributed by atoms with Gasteiger partial charge in [-0.2, -0.15) is 0 Å². The summed E-state index contributed by atoms with van der Waals surface area (Å²) in [4.78, 5) is 14.8. The van der Waals surface area contributed by atoms with Gasteiger partial charge < -0.3 is 14.6 Å². The molecule has 0 spiro atoms. The van der Waals surface area contributed by atoms with Crippen molar-refractivity contribution < 1.29 is 9.90 Å². The molecule has 0 bridgehead atoms. The van der Waals surface area contributed by atoms with E-state index in [2.05, 4.69) is 33.0 Å². The van der Waals surface area contributed by atoms with Crippen molar-refractivity contribution in [3.8, 4) is 5.75 Å². The largest absolute Gasteiger partial charge is 0.508 e. The van der Waals surface area contributed by atoms with Gasteiger partial charge in [-0.05, 0) is 48.1 Å². The normalized spacial score (nSPS) is 16.1. The zero-order chi connectivity index (χ0) is 21.9. The topological polar surface area (TPSA) is 71.2 Å². The van der Waals surface area contributed by atoms with Crippen LogP contribution < -0.4 is 0 Å². The van der Waals surface area contributed by atoms with Crippen LogP contribution in [0.4, 0.5) is 0 Å². The molecule has 0 unspecified atom stereocenters. The number of hydrogen-bond acceptors (Lipinski definition) is 5. The summed E-state index contributed by atoms with van der Waals surface area (Å²) in [6, 6.07) is 17.6. The third kappa shape index (κ3) is 4.72. The minimum Gasteiger partial charge on any atom is -0.508 e. The highest BCUT2D eigenvalue weighted by Crippen LogP contribution is 2.40. The molecule has 1 saturated carbocycles. The van der Waals surface area contributed by atoms with Crippen LogP contribution in [0.1, 0.15) is 42.1 Å². The molecule has 1 aromatic heterocycles. The van der Waals surface area contributed by atoms with Gasteiger partial charge in [-0.3, -0.25) is 4.79 Å². The van der Waals surface area contributed by atoms with Crippen LogP contribution in [0, 0.1) is 0 Å². The Labute approximate surface area is 192 Å². The van der Waals surface area contributed by atoms with Gasteiger partial charge in [0.05, 0.1) is 12.3 Å². The molecule has 6 nitrogen and oxygen atoms in total. The molecule has 2 heterocycles. The summed E-state index contributed by atoms with van der Waals surface area (Å²) >= 11 is 1.48. The number of carbonyl (C=O) groups excluding carboxylic acids is 1. The van der Waals surface area contributed by atoms with Gasteiger partial charge in [0.15, 0.2) is 5.16 Å². The van der Waals surface area contributed by atoms with Crippen LogP contribution in [0.15, 0.2) is 65.8 Å². The lowest BCUT2D eigenvalue weighted by atomic mass is 9.99. The van der Waals surface area contributed by atoms with E-state index in [4.69, 9.17) is 0 Å². The van der Waals surface area contributed by atoms with Crippen molar-refractivity contribution in [2.24, 2.45) is 0 Å². The molecule has 0 atom stereocenters. The Hall–Kier alpha value is -3.06. The summed E-state index contributed by atoms with van der Waals surface area (Å²) in [5.41, 5.74) is 3.54. The second-order valence-corrected chi connectivity index (χ2v) is 9.28. The maximum atomic E-state index is 12.9. The van der Waals surface area contributed by atoms with Crippen LogP contribution in [0.2, 0.25) is 0 Å². The molecule has 7 heteroatoms. The molecule has 5 rings (SSSR count). The van der Waals surface area contributed by atoms with E-state index in [-0.39, 0.29) is 11.7 Å². The molecule has 0 saturated heterocycles. The van der Waals surface area contributed by atoms with Gasteiger partial charge in [-0.25, -0.2) is 0 Å². The van der Waals surface area contributed by atoms with E-state index in [1.807, 2.05) is 35.2 Å². The third-order valence-corrected chi connectivity index (χ3v) is 6.95. The molecule has 0 radical (unpaired) electrons. The van der Waals surface area contributed by atoms with E-state index in [1.165, 1.54) is 35.7 Å². The highest BCUT2D eigenvalue weighted by atomic mass is 32.2. The molecular weight excluding hydrogens is 420 g/mol. The zero-order valence-corrected chi connectivity index (χ0v) is 18.7. The number of aromatic hydroxyl groups is 1. The van der Waals surface area contributed by atoms with E-state index in [9.17, 15) is 9.90 Å². The minimum atomic E-state index is 0.123. The fourth-order valence-electron chi connectivity index (χ4n) is 4.02. The van der Waals surface area contributed by atoms with Crippen molar-refractivity contribution >= 4 is 23.2 Å². The zero-order valence-electron chi connectivity index (χ0n) is 17.9. The van der Waals surface area contributed by atoms with Crippen molar-refractivity contribution in [2.45, 2.75) is 36.9 Å². The number of phenolic OH excluding ortho intramolecular Hbond substituents is 1. The number of rotatable bonds is 7. The highest BCUT2D eigenvalue weighted by Gasteiger charge is 2.30. The number of thioether (sulfide) groups is 1. The average molecular weight is 447 g/mol. The van der Waals surface area contributed by atoms with E-state index in [0.717, 1.165) is 29.5 Å². The average Bonchev–Trinajstić information content (AvgIpc) is 3.60. The maximum Gasteiger partial charge on any atom is 0.233 e. The first-order valence-corrected chi connectivity index (χ1v) is 12.0. The molecule has 3 aromatic rings. The monoisotopic (exact) mass is 446 g/mol. The summed E-state index contributed by atoms with van der Waals surface area (Å²) in [6.07, 6.45) is 5.26. The lowest BCUT2D eigenvalue weighted by molar-refractivity contribution is -0.127. The predicted octanol–water partition coefficient (Wildman–Crippen LogP) is 4.32. The molecule has 32 heavy (non-hydrogen) atoms. The number of phenols is 1. The Bertz CT molecular complexity index is 1120. The van der Waals surface area contributed by atoms with Crippen LogP contribution >= 0.6 is 11.8 Å². The van der Waals surface area contributed by atoms with Crippen LogP contribution in [-0.2, 0) is 11.3 Å². The lowest BCUT2D eigenvalue weighted by Crippen LogP contribution is -2.35. The molecule has 164 valence electrons. The smallest absolute Gasteiger partial charge is 0.233 e. The minimum absolute atomic E-state index is 0.123. The summed E-state index contributed by atoms with van der Waals surface area (Å²) in [5.74, 6) is 2.30. The predicted molar refractivity (Wildman–Crippen MR) is 126 cm³/mol. The molecule has 1 fully saturated rings. The number of nitrogens with zero attached hydrogens (tertiary/aromatic N) is 4. The Morgan fingerprint density at radius 2 is 1.84 bits per heavy atom. The SMILES string of the molecule is O=C(CSc1nnc(C2CC2)n1Cc1ccccc1)N1CC=C(c2ccc(O)cc2)CC1. The summed E-state index contributed by atoms with van der Waals surface area (Å²) < 4.78 is 2.18. The van der Waals surface area contributed by atoms with Crippen molar-refractivity contribution in [3.05, 3.63) is 77.6 Å². The van der Waals surface area contributed by atoms with Crippen LogP contribution in [0.25, 0.3) is 5.57 Å². The van der Waals surface area contributed by atoms with Gasteiger partial charge in [0.1, 0.15) is 11.6 Å². The van der Waals surface area contributed by atoms with E-state index < -0.39 is 0 Å². The number of amides is 1. The maximum absolute atomic E-state index is 12.9. The van der Waals surface area contributed by atoms with Gasteiger partial charge in [0, 0.05) is 19.0 Å². The first kappa shape index (κ1) is 20.8. The Kier molecular flexibility index (Phi) is 5.99. The van der Waals surface area contributed by atoms with Crippen molar-refractivity contribution in [1.29, 1.82) is 0 Å². The first-order valence-electron chi connectivity index (χ1n) is 11.0. The fraction of sp³-hybridized carbons (Fsp3) is 0.320. The Morgan fingerprint density at radius 3 is 2.53 bits per heavy atom. The van der Waals surface area contributed by atoms with E-state index in [1.54, 1.807) is 12.1 Å². The number of benzene rings is 2. The molecular formula is C25H26N4O2S. The molecule has 1 aliphatic carbocycles. The molecule has 1 aliphatic heterocycles. The second-order valence-electron chi connectivity index (χ2n) is 8.34. The van der Waals surface area contributed by atoms with Crippen molar-refractivity contribution in [2.75, 3.05) is 18.8 Å². The number of hydrogen-bond donors (Lipinski definition) is 1. The highest BCUT2D eigenvalue weighted by molar-refractivity contribution is 7.99. The van der Waals surface area contributed by atoms with Gasteiger partial charge in [0.2, 0.25) is 5.91 Å². The van der Waals surface area contributed by atoms with Gasteiger partial charge in [-0.15, -0.1) is 10.2 Å². The Balaban J connectivity index is 1.22. The van der Waals surface area contributed by atoms with Crippen LogP contribution in [0.5, 0.6) is 5.75 Å². The molecule has 2 aromatic carbocycles. The van der Waals surface area contributed by atoms with Crippen LogP contribution in [-0.4, -0.2) is 49.5 Å². The van der Waals surface area contributed by atoms with E-state index in [0.29, 0.717) is 24.8 Å². The summed E-state index contributed by atoms with van der Waals surface area (Å²) in [5, 5.41) is 19.2. The van der Waals surface area contributed by atoms with Crippen molar-refractivity contribution in [3.63, 3.8) is 0 Å². The van der Waals surface area contributed by atoms with E-state index >= 15 is 0 Å². The van der Waals surface area contributed by atoms with Gasteiger partial charge in [-0.1, -0.05) is 60.3 Å². The van der Waals surface area contributed by atoms with Crippen molar-refractivity contribution in [1.82, 2.24) is 19.7 Å². The number of carbonyl (C=O) groups is 1. The third-order valence-electron chi connectivity index (χ3n) is 6.00. The molecule has 1 amide bonds. The summed E-state index contributed by atoms with van der Waals surface area (Å²) in [7, 11) is 0. The second kappa shape index (κ2) is 9.20. The Morgan fingerprint density at radius 1 is 1.06 bits per heavy atom. The fourth-order valence-corrected chi connectivity index (χ4v) is 4.86. The van der Waals surface area contributed by atoms with Gasteiger partial charge >= 0.3 is 0 Å². The number of aromatic nitrogens is 3. The standard InChI is InChI=1S/C25H26N4O2S/c30-22-10-8-19(9-11-22)20-12-14-28(15-13-20)23(31)17-32-25-27-26-24(21-6-7-21)29(25)16-18-4-2-1-3-5-18/h1-5,8-12,21,30H,6-7,13-17H2. The van der Waals surface area contributed by atoms with Crippen LogP contribution in [0.3, 0.4) is 0 Å². The molecule has 1 N–H and O–H groups in total. The summed E-state index contributed by atoms with van der Waals surface area (Å²) in [6.45, 7) is 2.05. The van der Waals surface area contributed by atoms with Gasteiger partial charge in [0.25, 0.3) is 0 Å².